The van der Waals surface area contributed by atoms with Crippen LogP contribution in [0.15, 0.2) is 66.7 Å². The van der Waals surface area contributed by atoms with E-state index in [1.165, 1.54) is 16.3 Å². The standard InChI is InChI=1S/C22H23NO2S/c1-23(14-18-9-4-6-13-21(18)25-2)22(24)16-26-15-19-11-7-10-17-8-3-5-12-20(17)19/h3-13H,14-16H2,1-2H3. The van der Waals surface area contributed by atoms with E-state index in [1.54, 1.807) is 23.8 Å². The van der Waals surface area contributed by atoms with E-state index in [9.17, 15) is 4.79 Å². The van der Waals surface area contributed by atoms with Gasteiger partial charge in [-0.15, -0.1) is 11.8 Å². The molecule has 26 heavy (non-hydrogen) atoms. The molecule has 0 heterocycles. The topological polar surface area (TPSA) is 29.5 Å². The van der Waals surface area contributed by atoms with E-state index in [1.807, 2.05) is 31.3 Å². The predicted octanol–water partition coefficient (Wildman–Crippen LogP) is 4.74. The number of hydrogen-bond donors (Lipinski definition) is 0. The highest BCUT2D eigenvalue weighted by molar-refractivity contribution is 7.99. The van der Waals surface area contributed by atoms with Crippen molar-refractivity contribution in [2.75, 3.05) is 19.9 Å². The largest absolute Gasteiger partial charge is 0.496 e. The molecule has 4 heteroatoms. The average molecular weight is 365 g/mol. The number of amides is 1. The minimum atomic E-state index is 0.126. The average Bonchev–Trinajstić information content (AvgIpc) is 2.68. The molecule has 3 aromatic carbocycles. The quantitative estimate of drug-likeness (QED) is 0.606. The molecule has 3 rings (SSSR count). The lowest BCUT2D eigenvalue weighted by molar-refractivity contribution is -0.127. The summed E-state index contributed by atoms with van der Waals surface area (Å²) < 4.78 is 5.36. The summed E-state index contributed by atoms with van der Waals surface area (Å²) >= 11 is 1.66. The molecule has 0 atom stereocenters. The summed E-state index contributed by atoms with van der Waals surface area (Å²) in [6, 6.07) is 22.5. The maximum atomic E-state index is 12.5. The number of rotatable bonds is 7. The summed E-state index contributed by atoms with van der Waals surface area (Å²) in [5.41, 5.74) is 2.29. The molecule has 0 saturated carbocycles. The van der Waals surface area contributed by atoms with Crippen LogP contribution in [-0.2, 0) is 17.1 Å². The van der Waals surface area contributed by atoms with Crippen LogP contribution in [0.2, 0.25) is 0 Å². The maximum absolute atomic E-state index is 12.5. The van der Waals surface area contributed by atoms with Gasteiger partial charge in [0.05, 0.1) is 12.9 Å². The number of carbonyl (C=O) groups is 1. The molecule has 0 spiro atoms. The first kappa shape index (κ1) is 18.3. The molecule has 0 bridgehead atoms. The number of hydrogen-bond acceptors (Lipinski definition) is 3. The zero-order valence-corrected chi connectivity index (χ0v) is 16.0. The molecule has 0 aliphatic heterocycles. The third-order valence-electron chi connectivity index (χ3n) is 4.39. The number of methoxy groups -OCH3 is 1. The van der Waals surface area contributed by atoms with E-state index in [0.717, 1.165) is 17.1 Å². The molecule has 3 aromatic rings. The van der Waals surface area contributed by atoms with Crippen LogP contribution >= 0.6 is 11.8 Å². The van der Waals surface area contributed by atoms with Gasteiger partial charge in [-0.2, -0.15) is 0 Å². The Kier molecular flexibility index (Phi) is 6.18. The fraction of sp³-hybridized carbons (Fsp3) is 0.227. The van der Waals surface area contributed by atoms with Gasteiger partial charge in [-0.05, 0) is 22.4 Å². The number of para-hydroxylation sites is 1. The molecule has 0 aliphatic rings. The molecule has 0 aliphatic carbocycles. The number of nitrogens with zero attached hydrogens (tertiary/aromatic N) is 1. The summed E-state index contributed by atoms with van der Waals surface area (Å²) in [5, 5.41) is 2.50. The van der Waals surface area contributed by atoms with Gasteiger partial charge in [0.15, 0.2) is 0 Å². The summed E-state index contributed by atoms with van der Waals surface area (Å²) in [7, 11) is 3.49. The smallest absolute Gasteiger partial charge is 0.232 e. The van der Waals surface area contributed by atoms with E-state index in [2.05, 4.69) is 42.5 Å². The zero-order valence-electron chi connectivity index (χ0n) is 15.1. The Morgan fingerprint density at radius 1 is 0.962 bits per heavy atom. The lowest BCUT2D eigenvalue weighted by Gasteiger charge is -2.18. The number of carbonyl (C=O) groups excluding carboxylic acids is 1. The number of benzene rings is 3. The van der Waals surface area contributed by atoms with Crippen molar-refractivity contribution < 1.29 is 9.53 Å². The SMILES string of the molecule is COc1ccccc1CN(C)C(=O)CSCc1cccc2ccccc12. The van der Waals surface area contributed by atoms with E-state index in [0.29, 0.717) is 12.3 Å². The van der Waals surface area contributed by atoms with Crippen molar-refractivity contribution in [3.63, 3.8) is 0 Å². The number of ether oxygens (including phenoxy) is 1. The van der Waals surface area contributed by atoms with Crippen molar-refractivity contribution in [3.8, 4) is 5.75 Å². The van der Waals surface area contributed by atoms with Crippen LogP contribution in [0.25, 0.3) is 10.8 Å². The molecule has 3 nitrogen and oxygen atoms in total. The minimum Gasteiger partial charge on any atom is -0.496 e. The van der Waals surface area contributed by atoms with Crippen molar-refractivity contribution in [2.24, 2.45) is 0 Å². The fourth-order valence-electron chi connectivity index (χ4n) is 2.95. The van der Waals surface area contributed by atoms with E-state index in [4.69, 9.17) is 4.74 Å². The first-order chi connectivity index (χ1) is 12.7. The molecule has 1 amide bonds. The zero-order chi connectivity index (χ0) is 18.4. The summed E-state index contributed by atoms with van der Waals surface area (Å²) in [6.45, 7) is 0.553. The van der Waals surface area contributed by atoms with Gasteiger partial charge in [-0.3, -0.25) is 4.79 Å². The fourth-order valence-corrected chi connectivity index (χ4v) is 3.92. The summed E-state index contributed by atoms with van der Waals surface area (Å²) in [6.07, 6.45) is 0. The van der Waals surface area contributed by atoms with Gasteiger partial charge in [0, 0.05) is 24.9 Å². The summed E-state index contributed by atoms with van der Waals surface area (Å²) in [4.78, 5) is 14.2. The van der Waals surface area contributed by atoms with Crippen molar-refractivity contribution in [1.82, 2.24) is 4.90 Å². The molecule has 0 fully saturated rings. The van der Waals surface area contributed by atoms with Crippen molar-refractivity contribution in [3.05, 3.63) is 77.9 Å². The molecule has 0 aromatic heterocycles. The maximum Gasteiger partial charge on any atom is 0.232 e. The molecule has 134 valence electrons. The van der Waals surface area contributed by atoms with Crippen LogP contribution in [0.1, 0.15) is 11.1 Å². The Morgan fingerprint density at radius 3 is 2.50 bits per heavy atom. The second kappa shape index (κ2) is 8.77. The van der Waals surface area contributed by atoms with E-state index >= 15 is 0 Å². The normalized spacial score (nSPS) is 10.7. The van der Waals surface area contributed by atoms with Crippen LogP contribution in [0.5, 0.6) is 5.75 Å². The van der Waals surface area contributed by atoms with Crippen molar-refractivity contribution >= 4 is 28.4 Å². The Hall–Kier alpha value is -2.46. The van der Waals surface area contributed by atoms with Crippen LogP contribution in [-0.4, -0.2) is 30.7 Å². The van der Waals surface area contributed by atoms with Crippen molar-refractivity contribution in [1.29, 1.82) is 0 Å². The lowest BCUT2D eigenvalue weighted by Crippen LogP contribution is -2.28. The molecule has 0 radical (unpaired) electrons. The van der Waals surface area contributed by atoms with Crippen LogP contribution in [0.4, 0.5) is 0 Å². The molecular weight excluding hydrogens is 342 g/mol. The van der Waals surface area contributed by atoms with Gasteiger partial charge in [0.25, 0.3) is 0 Å². The Balaban J connectivity index is 1.56. The third-order valence-corrected chi connectivity index (χ3v) is 5.36. The predicted molar refractivity (Wildman–Crippen MR) is 110 cm³/mol. The van der Waals surface area contributed by atoms with Crippen LogP contribution in [0, 0.1) is 0 Å². The van der Waals surface area contributed by atoms with Gasteiger partial charge in [-0.25, -0.2) is 0 Å². The van der Waals surface area contributed by atoms with Gasteiger partial charge in [-0.1, -0.05) is 60.7 Å². The van der Waals surface area contributed by atoms with E-state index < -0.39 is 0 Å². The first-order valence-electron chi connectivity index (χ1n) is 8.59. The monoisotopic (exact) mass is 365 g/mol. The highest BCUT2D eigenvalue weighted by Crippen LogP contribution is 2.23. The Morgan fingerprint density at radius 2 is 1.65 bits per heavy atom. The lowest BCUT2D eigenvalue weighted by atomic mass is 10.1. The highest BCUT2D eigenvalue weighted by atomic mass is 32.2. The second-order valence-corrected chi connectivity index (χ2v) is 7.18. The Bertz CT molecular complexity index is 889. The summed E-state index contributed by atoms with van der Waals surface area (Å²) in [5.74, 6) is 2.24. The van der Waals surface area contributed by atoms with Gasteiger partial charge in [0.1, 0.15) is 5.75 Å². The van der Waals surface area contributed by atoms with E-state index in [-0.39, 0.29) is 5.91 Å². The minimum absolute atomic E-state index is 0.126. The highest BCUT2D eigenvalue weighted by Gasteiger charge is 2.12. The first-order valence-corrected chi connectivity index (χ1v) is 9.74. The van der Waals surface area contributed by atoms with Gasteiger partial charge in [0.2, 0.25) is 5.91 Å². The number of fused-ring (bicyclic) bond motifs is 1. The van der Waals surface area contributed by atoms with Crippen LogP contribution < -0.4 is 4.74 Å². The van der Waals surface area contributed by atoms with Gasteiger partial charge < -0.3 is 9.64 Å². The van der Waals surface area contributed by atoms with Gasteiger partial charge >= 0.3 is 0 Å². The molecule has 0 unspecified atom stereocenters. The molecule has 0 saturated heterocycles. The van der Waals surface area contributed by atoms with Crippen LogP contribution in [0.3, 0.4) is 0 Å². The molecular formula is C22H23NO2S. The number of thioether (sulfide) groups is 1. The van der Waals surface area contributed by atoms with Crippen molar-refractivity contribution in [2.45, 2.75) is 12.3 Å². The second-order valence-electron chi connectivity index (χ2n) is 6.19. The molecule has 0 N–H and O–H groups in total. The Labute approximate surface area is 159 Å². The third kappa shape index (κ3) is 4.38.